The second-order valence-corrected chi connectivity index (χ2v) is 7.35. The third-order valence-corrected chi connectivity index (χ3v) is 5.71. The molecule has 0 radical (unpaired) electrons. The van der Waals surface area contributed by atoms with Crippen LogP contribution in [0.1, 0.15) is 62.2 Å². The Labute approximate surface area is 157 Å². The second-order valence-electron chi connectivity index (χ2n) is 7.35. The minimum Gasteiger partial charge on any atom is -0.411 e. The molecule has 3 nitrogen and oxygen atoms in total. The Morgan fingerprint density at radius 3 is 2.15 bits per heavy atom. The highest BCUT2D eigenvalue weighted by molar-refractivity contribution is 5.88. The average molecular weight is 351 g/mol. The monoisotopic (exact) mass is 350 g/mol. The lowest BCUT2D eigenvalue weighted by Crippen LogP contribution is -2.43. The molecule has 138 valence electrons. The van der Waals surface area contributed by atoms with Crippen LogP contribution in [0, 0.1) is 5.92 Å². The van der Waals surface area contributed by atoms with E-state index in [4.69, 9.17) is 0 Å². The van der Waals surface area contributed by atoms with E-state index >= 15 is 0 Å². The van der Waals surface area contributed by atoms with Crippen LogP contribution in [-0.2, 0) is 0 Å². The predicted octanol–water partition coefficient (Wildman–Crippen LogP) is 5.83. The zero-order chi connectivity index (χ0) is 18.4. The van der Waals surface area contributed by atoms with Crippen LogP contribution in [0.3, 0.4) is 0 Å². The summed E-state index contributed by atoms with van der Waals surface area (Å²) in [7, 11) is 2.22. The Kier molecular flexibility index (Phi) is 6.45. The van der Waals surface area contributed by atoms with E-state index < -0.39 is 0 Å². The van der Waals surface area contributed by atoms with Crippen molar-refractivity contribution < 1.29 is 5.21 Å². The number of hydrogen-bond acceptors (Lipinski definition) is 3. The van der Waals surface area contributed by atoms with E-state index in [1.807, 2.05) is 0 Å². The van der Waals surface area contributed by atoms with Gasteiger partial charge in [0.1, 0.15) is 0 Å². The molecule has 2 aromatic rings. The van der Waals surface area contributed by atoms with Crippen LogP contribution in [0.2, 0.25) is 0 Å². The molecule has 26 heavy (non-hydrogen) atoms. The SMILES string of the molecule is CCCCCC1/C(=N/O)CC(c2ccccc2)N(C)C1c1ccccc1. The summed E-state index contributed by atoms with van der Waals surface area (Å²) in [5, 5.41) is 13.6. The molecule has 1 heterocycles. The third-order valence-electron chi connectivity index (χ3n) is 5.71. The lowest BCUT2D eigenvalue weighted by molar-refractivity contribution is 0.117. The van der Waals surface area contributed by atoms with Crippen molar-refractivity contribution in [1.29, 1.82) is 0 Å². The molecular weight excluding hydrogens is 320 g/mol. The average Bonchev–Trinajstić information content (AvgIpc) is 2.70. The van der Waals surface area contributed by atoms with E-state index in [2.05, 4.69) is 84.7 Å². The Morgan fingerprint density at radius 1 is 0.962 bits per heavy atom. The van der Waals surface area contributed by atoms with Crippen molar-refractivity contribution in [2.24, 2.45) is 11.1 Å². The van der Waals surface area contributed by atoms with Crippen LogP contribution in [0.25, 0.3) is 0 Å². The quantitative estimate of drug-likeness (QED) is 0.404. The van der Waals surface area contributed by atoms with Gasteiger partial charge in [-0.25, -0.2) is 0 Å². The van der Waals surface area contributed by atoms with Crippen molar-refractivity contribution in [1.82, 2.24) is 4.90 Å². The minimum absolute atomic E-state index is 0.231. The number of likely N-dealkylation sites (tertiary alicyclic amines) is 1. The second kappa shape index (κ2) is 9.00. The van der Waals surface area contributed by atoms with Gasteiger partial charge in [0.2, 0.25) is 0 Å². The number of unbranched alkanes of at least 4 members (excludes halogenated alkanes) is 2. The zero-order valence-corrected chi connectivity index (χ0v) is 15.9. The maximum Gasteiger partial charge on any atom is 0.0639 e. The first kappa shape index (κ1) is 18.7. The van der Waals surface area contributed by atoms with Crippen LogP contribution < -0.4 is 0 Å². The number of nitrogens with zero attached hydrogens (tertiary/aromatic N) is 2. The molecule has 0 aliphatic carbocycles. The maximum absolute atomic E-state index is 9.80. The van der Waals surface area contributed by atoms with Crippen LogP contribution in [0.5, 0.6) is 0 Å². The zero-order valence-electron chi connectivity index (χ0n) is 15.9. The lowest BCUT2D eigenvalue weighted by Gasteiger charge is -2.45. The van der Waals surface area contributed by atoms with Crippen molar-refractivity contribution in [3.05, 3.63) is 71.8 Å². The predicted molar refractivity (Wildman–Crippen MR) is 108 cm³/mol. The van der Waals surface area contributed by atoms with Gasteiger partial charge in [-0.2, -0.15) is 0 Å². The summed E-state index contributed by atoms with van der Waals surface area (Å²) in [4.78, 5) is 2.48. The number of piperidine rings is 1. The highest BCUT2D eigenvalue weighted by Crippen LogP contribution is 2.44. The van der Waals surface area contributed by atoms with Gasteiger partial charge >= 0.3 is 0 Å². The van der Waals surface area contributed by atoms with Crippen LogP contribution in [0.15, 0.2) is 65.8 Å². The standard InChI is InChI=1S/C23H30N2O/c1-3-4-7-16-20-21(24-26)17-22(18-12-8-5-9-13-18)25(2)23(20)19-14-10-6-11-15-19/h5-6,8-15,20,22-23,26H,3-4,7,16-17H2,1-2H3/b24-21+. The van der Waals surface area contributed by atoms with E-state index in [1.165, 1.54) is 30.4 Å². The topological polar surface area (TPSA) is 35.8 Å². The first-order valence-corrected chi connectivity index (χ1v) is 9.79. The number of hydrogen-bond donors (Lipinski definition) is 1. The molecule has 0 bridgehead atoms. The first-order valence-electron chi connectivity index (χ1n) is 9.79. The molecule has 1 N–H and O–H groups in total. The highest BCUT2D eigenvalue weighted by Gasteiger charge is 2.40. The van der Waals surface area contributed by atoms with Gasteiger partial charge in [0.15, 0.2) is 0 Å². The van der Waals surface area contributed by atoms with E-state index in [0.29, 0.717) is 0 Å². The molecule has 3 atom stereocenters. The van der Waals surface area contributed by atoms with Gasteiger partial charge in [-0.3, -0.25) is 4.90 Å². The van der Waals surface area contributed by atoms with E-state index in [0.717, 1.165) is 18.6 Å². The summed E-state index contributed by atoms with van der Waals surface area (Å²) < 4.78 is 0. The molecule has 3 heteroatoms. The first-order chi connectivity index (χ1) is 12.8. The summed E-state index contributed by atoms with van der Waals surface area (Å²) in [5.41, 5.74) is 3.53. The minimum atomic E-state index is 0.231. The van der Waals surface area contributed by atoms with E-state index in [1.54, 1.807) is 0 Å². The van der Waals surface area contributed by atoms with E-state index in [9.17, 15) is 5.21 Å². The fourth-order valence-corrected chi connectivity index (χ4v) is 4.35. The molecule has 0 saturated carbocycles. The number of rotatable bonds is 6. The summed E-state index contributed by atoms with van der Waals surface area (Å²) in [6, 6.07) is 21.7. The highest BCUT2D eigenvalue weighted by atomic mass is 16.4. The summed E-state index contributed by atoms with van der Waals surface area (Å²) in [6.45, 7) is 2.23. The van der Waals surface area contributed by atoms with Crippen molar-refractivity contribution in [2.75, 3.05) is 7.05 Å². The normalized spacial score (nSPS) is 25.5. The van der Waals surface area contributed by atoms with Gasteiger partial charge in [-0.1, -0.05) is 92.0 Å². The van der Waals surface area contributed by atoms with Gasteiger partial charge < -0.3 is 5.21 Å². The smallest absolute Gasteiger partial charge is 0.0639 e. The van der Waals surface area contributed by atoms with Crippen LogP contribution >= 0.6 is 0 Å². The van der Waals surface area contributed by atoms with Gasteiger partial charge in [0.25, 0.3) is 0 Å². The Hall–Kier alpha value is -2.13. The van der Waals surface area contributed by atoms with Crippen molar-refractivity contribution >= 4 is 5.71 Å². The lowest BCUT2D eigenvalue weighted by atomic mass is 9.76. The largest absolute Gasteiger partial charge is 0.411 e. The molecular formula is C23H30N2O. The molecule has 0 amide bonds. The maximum atomic E-state index is 9.80. The van der Waals surface area contributed by atoms with Gasteiger partial charge in [-0.15, -0.1) is 0 Å². The number of oxime groups is 1. The molecule has 1 saturated heterocycles. The molecule has 3 unspecified atom stereocenters. The summed E-state index contributed by atoms with van der Waals surface area (Å²) >= 11 is 0. The summed E-state index contributed by atoms with van der Waals surface area (Å²) in [6.07, 6.45) is 5.46. The van der Waals surface area contributed by atoms with Crippen molar-refractivity contribution in [2.45, 2.75) is 51.1 Å². The fourth-order valence-electron chi connectivity index (χ4n) is 4.35. The third kappa shape index (κ3) is 3.99. The molecule has 3 rings (SSSR count). The van der Waals surface area contributed by atoms with Crippen molar-refractivity contribution in [3.8, 4) is 0 Å². The van der Waals surface area contributed by atoms with Crippen molar-refractivity contribution in [3.63, 3.8) is 0 Å². The van der Waals surface area contributed by atoms with E-state index in [-0.39, 0.29) is 18.0 Å². The molecule has 0 spiro atoms. The van der Waals surface area contributed by atoms with Gasteiger partial charge in [-0.05, 0) is 24.6 Å². The molecule has 1 aliphatic heterocycles. The molecule has 1 fully saturated rings. The Bertz CT molecular complexity index is 699. The Morgan fingerprint density at radius 2 is 1.58 bits per heavy atom. The van der Waals surface area contributed by atoms with Crippen LogP contribution in [0.4, 0.5) is 0 Å². The Balaban J connectivity index is 1.97. The summed E-state index contributed by atoms with van der Waals surface area (Å²) in [5.74, 6) is 0.263. The van der Waals surface area contributed by atoms with Gasteiger partial charge in [0.05, 0.1) is 5.71 Å². The van der Waals surface area contributed by atoms with Gasteiger partial charge in [0, 0.05) is 24.4 Å². The number of benzene rings is 2. The molecule has 2 aromatic carbocycles. The fraction of sp³-hybridized carbons (Fsp3) is 0.435. The molecule has 0 aromatic heterocycles. The molecule has 1 aliphatic rings. The van der Waals surface area contributed by atoms with Crippen LogP contribution in [-0.4, -0.2) is 22.9 Å².